The van der Waals surface area contributed by atoms with Crippen molar-refractivity contribution in [3.05, 3.63) is 29.8 Å². The highest BCUT2D eigenvalue weighted by Crippen LogP contribution is 2.21. The van der Waals surface area contributed by atoms with E-state index in [1.165, 1.54) is 0 Å². The van der Waals surface area contributed by atoms with Crippen LogP contribution in [0.15, 0.2) is 29.2 Å². The van der Waals surface area contributed by atoms with Crippen molar-refractivity contribution in [2.45, 2.75) is 49.1 Å². The summed E-state index contributed by atoms with van der Waals surface area (Å²) in [6.45, 7) is 2.48. The molecule has 1 aromatic carbocycles. The summed E-state index contributed by atoms with van der Waals surface area (Å²) in [4.78, 5) is 12.6. The Morgan fingerprint density at radius 3 is 2.35 bits per heavy atom. The van der Waals surface area contributed by atoms with Crippen LogP contribution in [0, 0.1) is 0 Å². The molecule has 144 valence electrons. The molecule has 2 aliphatic heterocycles. The standard InChI is InChI=1S/C18H27N3O4S/c19-18(8-12-25-13-9-18)17(22)20-14-15-4-6-16(7-5-15)26(23,24)21-10-2-1-3-11-21/h4-7H,1-3,8-14,19H2,(H,20,22). The lowest BCUT2D eigenvalue weighted by Gasteiger charge is -2.31. The van der Waals surface area contributed by atoms with E-state index in [9.17, 15) is 13.2 Å². The molecule has 1 amide bonds. The predicted molar refractivity (Wildman–Crippen MR) is 97.9 cm³/mol. The minimum absolute atomic E-state index is 0.189. The summed E-state index contributed by atoms with van der Waals surface area (Å²) in [7, 11) is -3.42. The highest BCUT2D eigenvalue weighted by molar-refractivity contribution is 7.89. The number of amides is 1. The Morgan fingerprint density at radius 2 is 1.73 bits per heavy atom. The van der Waals surface area contributed by atoms with Gasteiger partial charge < -0.3 is 15.8 Å². The third kappa shape index (κ3) is 4.25. The maximum Gasteiger partial charge on any atom is 0.243 e. The van der Waals surface area contributed by atoms with Crippen molar-refractivity contribution >= 4 is 15.9 Å². The van der Waals surface area contributed by atoms with Crippen LogP contribution < -0.4 is 11.1 Å². The normalized spacial score (nSPS) is 21.3. The summed E-state index contributed by atoms with van der Waals surface area (Å²) < 4.78 is 32.1. The molecule has 2 saturated heterocycles. The molecule has 2 heterocycles. The zero-order chi connectivity index (χ0) is 18.6. The summed E-state index contributed by atoms with van der Waals surface area (Å²) in [6, 6.07) is 6.70. The second-order valence-electron chi connectivity index (χ2n) is 7.06. The number of hydrogen-bond donors (Lipinski definition) is 2. The minimum Gasteiger partial charge on any atom is -0.381 e. The Bertz CT molecular complexity index is 721. The van der Waals surface area contributed by atoms with Crippen molar-refractivity contribution in [3.8, 4) is 0 Å². The second-order valence-corrected chi connectivity index (χ2v) is 9.00. The van der Waals surface area contributed by atoms with Gasteiger partial charge in [0.1, 0.15) is 0 Å². The molecular weight excluding hydrogens is 354 g/mol. The number of carbonyl (C=O) groups excluding carboxylic acids is 1. The molecule has 0 bridgehead atoms. The smallest absolute Gasteiger partial charge is 0.243 e. The Hall–Kier alpha value is -1.48. The van der Waals surface area contributed by atoms with Gasteiger partial charge in [0.2, 0.25) is 15.9 Å². The van der Waals surface area contributed by atoms with Crippen molar-refractivity contribution in [3.63, 3.8) is 0 Å². The highest BCUT2D eigenvalue weighted by Gasteiger charge is 2.35. The number of nitrogens with two attached hydrogens (primary N) is 1. The molecule has 3 N–H and O–H groups in total. The number of nitrogens with zero attached hydrogens (tertiary/aromatic N) is 1. The SMILES string of the molecule is NC1(C(=O)NCc2ccc(S(=O)(=O)N3CCCCC3)cc2)CCOCC1. The fourth-order valence-electron chi connectivity index (χ4n) is 3.35. The molecule has 0 spiro atoms. The number of hydrogen-bond acceptors (Lipinski definition) is 5. The molecule has 3 rings (SSSR count). The first-order valence-electron chi connectivity index (χ1n) is 9.16. The van der Waals surface area contributed by atoms with Crippen molar-refractivity contribution in [2.75, 3.05) is 26.3 Å². The van der Waals surface area contributed by atoms with Crippen molar-refractivity contribution in [1.82, 2.24) is 9.62 Å². The van der Waals surface area contributed by atoms with Gasteiger partial charge in [-0.05, 0) is 43.4 Å². The molecule has 0 unspecified atom stereocenters. The molecule has 1 aromatic rings. The maximum absolute atomic E-state index is 12.6. The third-order valence-corrected chi connectivity index (χ3v) is 7.08. The third-order valence-electron chi connectivity index (χ3n) is 5.17. The lowest BCUT2D eigenvalue weighted by molar-refractivity contribution is -0.129. The largest absolute Gasteiger partial charge is 0.381 e. The van der Waals surface area contributed by atoms with E-state index in [1.807, 2.05) is 0 Å². The minimum atomic E-state index is -3.42. The average Bonchev–Trinajstić information content (AvgIpc) is 2.67. The van der Waals surface area contributed by atoms with Gasteiger partial charge in [0.05, 0.1) is 10.4 Å². The molecular formula is C18H27N3O4S. The fraction of sp³-hybridized carbons (Fsp3) is 0.611. The average molecular weight is 381 g/mol. The van der Waals surface area contributed by atoms with Gasteiger partial charge >= 0.3 is 0 Å². The molecule has 0 radical (unpaired) electrons. The topological polar surface area (TPSA) is 102 Å². The first-order valence-corrected chi connectivity index (χ1v) is 10.6. The van der Waals surface area contributed by atoms with Gasteiger partial charge in [-0.1, -0.05) is 18.6 Å². The Morgan fingerprint density at radius 1 is 1.12 bits per heavy atom. The van der Waals surface area contributed by atoms with Crippen LogP contribution in [0.2, 0.25) is 0 Å². The quantitative estimate of drug-likeness (QED) is 0.792. The van der Waals surface area contributed by atoms with Crippen LogP contribution in [0.3, 0.4) is 0 Å². The number of benzene rings is 1. The molecule has 0 aromatic heterocycles. The number of ether oxygens (including phenoxy) is 1. The molecule has 0 atom stereocenters. The first-order chi connectivity index (χ1) is 12.4. The van der Waals surface area contributed by atoms with E-state index in [2.05, 4.69) is 5.32 Å². The molecule has 0 aliphatic carbocycles. The molecule has 7 nitrogen and oxygen atoms in total. The Balaban J connectivity index is 1.60. The maximum atomic E-state index is 12.6. The van der Waals surface area contributed by atoms with Crippen LogP contribution in [0.25, 0.3) is 0 Å². The van der Waals surface area contributed by atoms with E-state index < -0.39 is 15.6 Å². The van der Waals surface area contributed by atoms with E-state index in [0.717, 1.165) is 24.8 Å². The van der Waals surface area contributed by atoms with Crippen LogP contribution in [-0.4, -0.2) is 50.5 Å². The Kier molecular flexibility index (Phi) is 5.96. The fourth-order valence-corrected chi connectivity index (χ4v) is 4.87. The van der Waals surface area contributed by atoms with Crippen LogP contribution >= 0.6 is 0 Å². The summed E-state index contributed by atoms with van der Waals surface area (Å²) in [5.74, 6) is -0.189. The number of rotatable bonds is 5. The van der Waals surface area contributed by atoms with Gasteiger partial charge in [-0.15, -0.1) is 0 Å². The number of carbonyl (C=O) groups is 1. The first kappa shape index (κ1) is 19.3. The number of sulfonamides is 1. The summed E-state index contributed by atoms with van der Waals surface area (Å²) in [6.07, 6.45) is 3.92. The summed E-state index contributed by atoms with van der Waals surface area (Å²) >= 11 is 0. The van der Waals surface area contributed by atoms with E-state index in [-0.39, 0.29) is 5.91 Å². The lowest BCUT2D eigenvalue weighted by Crippen LogP contribution is -2.56. The molecule has 26 heavy (non-hydrogen) atoms. The molecule has 2 fully saturated rings. The highest BCUT2D eigenvalue weighted by atomic mass is 32.2. The van der Waals surface area contributed by atoms with E-state index in [4.69, 9.17) is 10.5 Å². The van der Waals surface area contributed by atoms with Crippen LogP contribution in [0.5, 0.6) is 0 Å². The van der Waals surface area contributed by atoms with Gasteiger partial charge in [0.15, 0.2) is 0 Å². The van der Waals surface area contributed by atoms with Crippen LogP contribution in [0.1, 0.15) is 37.7 Å². The van der Waals surface area contributed by atoms with Crippen molar-refractivity contribution < 1.29 is 17.9 Å². The van der Waals surface area contributed by atoms with E-state index in [0.29, 0.717) is 50.6 Å². The predicted octanol–water partition coefficient (Wildman–Crippen LogP) is 0.985. The van der Waals surface area contributed by atoms with Gasteiger partial charge in [0, 0.05) is 32.8 Å². The van der Waals surface area contributed by atoms with E-state index >= 15 is 0 Å². The summed E-state index contributed by atoms with van der Waals surface area (Å²) in [5.41, 5.74) is 6.11. The number of piperidine rings is 1. The molecule has 0 saturated carbocycles. The lowest BCUT2D eigenvalue weighted by atomic mass is 9.90. The van der Waals surface area contributed by atoms with Crippen LogP contribution in [0.4, 0.5) is 0 Å². The van der Waals surface area contributed by atoms with Crippen molar-refractivity contribution in [2.24, 2.45) is 5.73 Å². The second kappa shape index (κ2) is 8.04. The molecule has 8 heteroatoms. The summed E-state index contributed by atoms with van der Waals surface area (Å²) in [5, 5.41) is 2.85. The van der Waals surface area contributed by atoms with Gasteiger partial charge in [-0.25, -0.2) is 8.42 Å². The molecule has 2 aliphatic rings. The van der Waals surface area contributed by atoms with Gasteiger partial charge in [-0.2, -0.15) is 4.31 Å². The number of nitrogens with one attached hydrogen (secondary N) is 1. The van der Waals surface area contributed by atoms with Gasteiger partial charge in [0.25, 0.3) is 0 Å². The van der Waals surface area contributed by atoms with Crippen LogP contribution in [-0.2, 0) is 26.1 Å². The Labute approximate surface area is 154 Å². The van der Waals surface area contributed by atoms with E-state index in [1.54, 1.807) is 28.6 Å². The van der Waals surface area contributed by atoms with Crippen molar-refractivity contribution in [1.29, 1.82) is 0 Å². The zero-order valence-corrected chi connectivity index (χ0v) is 15.8. The zero-order valence-electron chi connectivity index (χ0n) is 14.9. The monoisotopic (exact) mass is 381 g/mol. The van der Waals surface area contributed by atoms with Gasteiger partial charge in [-0.3, -0.25) is 4.79 Å².